The number of alkyl carbamates (subject to hydrolysis) is 1. The van der Waals surface area contributed by atoms with Crippen LogP contribution in [0.4, 0.5) is 4.79 Å². The Morgan fingerprint density at radius 2 is 1.78 bits per heavy atom. The molecule has 0 aromatic rings. The molecule has 1 aliphatic carbocycles. The summed E-state index contributed by atoms with van der Waals surface area (Å²) in [5.74, 6) is -0.821. The first-order valence-electron chi connectivity index (χ1n) is 6.03. The molecule has 1 rings (SSSR count). The van der Waals surface area contributed by atoms with E-state index >= 15 is 0 Å². The number of hydrogen-bond donors (Lipinski definition) is 2. The maximum absolute atomic E-state index is 11.6. The van der Waals surface area contributed by atoms with Crippen molar-refractivity contribution >= 4 is 17.9 Å². The number of imide groups is 1. The van der Waals surface area contributed by atoms with Gasteiger partial charge in [-0.3, -0.25) is 14.9 Å². The van der Waals surface area contributed by atoms with Crippen molar-refractivity contribution in [3.8, 4) is 0 Å². The lowest BCUT2D eigenvalue weighted by Crippen LogP contribution is -2.48. The van der Waals surface area contributed by atoms with Crippen molar-refractivity contribution in [2.75, 3.05) is 0 Å². The summed E-state index contributed by atoms with van der Waals surface area (Å²) in [7, 11) is 0. The van der Waals surface area contributed by atoms with Crippen LogP contribution in [-0.4, -0.2) is 29.6 Å². The molecule has 0 aromatic carbocycles. The van der Waals surface area contributed by atoms with Gasteiger partial charge in [0.25, 0.3) is 0 Å². The molecule has 102 valence electrons. The van der Waals surface area contributed by atoms with Crippen molar-refractivity contribution in [2.45, 2.75) is 52.2 Å². The smallest absolute Gasteiger partial charge is 0.408 e. The van der Waals surface area contributed by atoms with E-state index in [2.05, 4.69) is 10.6 Å². The van der Waals surface area contributed by atoms with Gasteiger partial charge in [0.05, 0.1) is 0 Å². The quantitative estimate of drug-likeness (QED) is 0.787. The lowest BCUT2D eigenvalue weighted by Gasteiger charge is -2.21. The second-order valence-electron chi connectivity index (χ2n) is 5.50. The molecule has 18 heavy (non-hydrogen) atoms. The van der Waals surface area contributed by atoms with E-state index in [1.807, 2.05) is 0 Å². The van der Waals surface area contributed by atoms with Gasteiger partial charge in [0.1, 0.15) is 11.6 Å². The summed E-state index contributed by atoms with van der Waals surface area (Å²) in [6.45, 7) is 6.69. The van der Waals surface area contributed by atoms with Crippen LogP contribution in [0.2, 0.25) is 0 Å². The molecule has 0 unspecified atom stereocenters. The molecular formula is C12H20N2O4. The van der Waals surface area contributed by atoms with Crippen molar-refractivity contribution in [1.29, 1.82) is 0 Å². The number of carbonyl (C=O) groups excluding carboxylic acids is 3. The third-order valence-corrected chi connectivity index (χ3v) is 2.32. The minimum absolute atomic E-state index is 0.0392. The van der Waals surface area contributed by atoms with E-state index in [4.69, 9.17) is 4.74 Å². The van der Waals surface area contributed by atoms with Gasteiger partial charge in [-0.05, 0) is 40.5 Å². The summed E-state index contributed by atoms with van der Waals surface area (Å²) in [5.41, 5.74) is -0.621. The summed E-state index contributed by atoms with van der Waals surface area (Å²) in [6.07, 6.45) is 0.976. The molecule has 3 amide bonds. The normalized spacial score (nSPS) is 16.7. The van der Waals surface area contributed by atoms with Crippen molar-refractivity contribution in [1.82, 2.24) is 10.6 Å². The van der Waals surface area contributed by atoms with Gasteiger partial charge in [0, 0.05) is 5.92 Å². The van der Waals surface area contributed by atoms with E-state index in [0.29, 0.717) is 0 Å². The van der Waals surface area contributed by atoms with Crippen LogP contribution in [-0.2, 0) is 14.3 Å². The number of hydrogen-bond acceptors (Lipinski definition) is 4. The van der Waals surface area contributed by atoms with E-state index in [1.54, 1.807) is 20.8 Å². The molecular weight excluding hydrogens is 236 g/mol. The fraction of sp³-hybridized carbons (Fsp3) is 0.750. The van der Waals surface area contributed by atoms with Crippen molar-refractivity contribution in [2.24, 2.45) is 5.92 Å². The minimum Gasteiger partial charge on any atom is -0.444 e. The Hall–Kier alpha value is -1.59. The van der Waals surface area contributed by atoms with Crippen LogP contribution < -0.4 is 10.6 Å². The summed E-state index contributed by atoms with van der Waals surface area (Å²) < 4.78 is 5.01. The summed E-state index contributed by atoms with van der Waals surface area (Å²) in [4.78, 5) is 34.4. The SMILES string of the molecule is C[C@H](NC(=O)OC(C)(C)C)C(=O)NC(=O)C1CC1. The molecule has 1 aliphatic rings. The van der Waals surface area contributed by atoms with Crippen molar-refractivity contribution in [3.63, 3.8) is 0 Å². The van der Waals surface area contributed by atoms with Crippen LogP contribution in [0.5, 0.6) is 0 Å². The topological polar surface area (TPSA) is 84.5 Å². The van der Waals surface area contributed by atoms with Gasteiger partial charge in [-0.2, -0.15) is 0 Å². The van der Waals surface area contributed by atoms with Crippen LogP contribution in [0.1, 0.15) is 40.5 Å². The maximum atomic E-state index is 11.6. The lowest BCUT2D eigenvalue weighted by molar-refractivity contribution is -0.132. The Bertz CT molecular complexity index is 356. The predicted octanol–water partition coefficient (Wildman–Crippen LogP) is 0.952. The van der Waals surface area contributed by atoms with E-state index in [-0.39, 0.29) is 11.8 Å². The van der Waals surface area contributed by atoms with Gasteiger partial charge in [0.2, 0.25) is 11.8 Å². The van der Waals surface area contributed by atoms with Crippen molar-refractivity contribution < 1.29 is 19.1 Å². The van der Waals surface area contributed by atoms with E-state index in [0.717, 1.165) is 12.8 Å². The minimum atomic E-state index is -0.803. The summed E-state index contributed by atoms with van der Waals surface area (Å²) in [5, 5.41) is 4.64. The Labute approximate surface area is 106 Å². The monoisotopic (exact) mass is 256 g/mol. The molecule has 6 heteroatoms. The van der Waals surface area contributed by atoms with Crippen LogP contribution in [0.15, 0.2) is 0 Å². The molecule has 2 N–H and O–H groups in total. The Morgan fingerprint density at radius 1 is 1.22 bits per heavy atom. The fourth-order valence-electron chi connectivity index (χ4n) is 1.23. The molecule has 6 nitrogen and oxygen atoms in total. The van der Waals surface area contributed by atoms with E-state index in [1.165, 1.54) is 6.92 Å². The zero-order valence-corrected chi connectivity index (χ0v) is 11.2. The molecule has 0 heterocycles. The number of ether oxygens (including phenoxy) is 1. The first-order chi connectivity index (χ1) is 8.19. The molecule has 0 radical (unpaired) electrons. The average molecular weight is 256 g/mol. The van der Waals surface area contributed by atoms with Crippen LogP contribution in [0.3, 0.4) is 0 Å². The van der Waals surface area contributed by atoms with Gasteiger partial charge in [-0.25, -0.2) is 4.79 Å². The Balaban J connectivity index is 2.34. The second-order valence-corrected chi connectivity index (χ2v) is 5.50. The largest absolute Gasteiger partial charge is 0.444 e. The average Bonchev–Trinajstić information content (AvgIpc) is 2.96. The molecule has 0 aromatic heterocycles. The standard InChI is InChI=1S/C12H20N2O4/c1-7(13-11(17)18-12(2,3)4)9(15)14-10(16)8-5-6-8/h7-8H,5-6H2,1-4H3,(H,13,17)(H,14,15,16)/t7-/m0/s1. The van der Waals surface area contributed by atoms with E-state index < -0.39 is 23.6 Å². The van der Waals surface area contributed by atoms with Gasteiger partial charge < -0.3 is 10.1 Å². The molecule has 0 aliphatic heterocycles. The highest BCUT2D eigenvalue weighted by atomic mass is 16.6. The van der Waals surface area contributed by atoms with Gasteiger partial charge in [0.15, 0.2) is 0 Å². The first-order valence-corrected chi connectivity index (χ1v) is 6.03. The van der Waals surface area contributed by atoms with Crippen molar-refractivity contribution in [3.05, 3.63) is 0 Å². The maximum Gasteiger partial charge on any atom is 0.408 e. The predicted molar refractivity (Wildman–Crippen MR) is 64.7 cm³/mol. The molecule has 0 spiro atoms. The summed E-state index contributed by atoms with van der Waals surface area (Å²) >= 11 is 0. The van der Waals surface area contributed by atoms with Crippen LogP contribution in [0.25, 0.3) is 0 Å². The highest BCUT2D eigenvalue weighted by Gasteiger charge is 2.32. The Morgan fingerprint density at radius 3 is 2.22 bits per heavy atom. The molecule has 0 saturated heterocycles. The third kappa shape index (κ3) is 5.16. The number of carbonyl (C=O) groups is 3. The molecule has 1 saturated carbocycles. The molecule has 0 bridgehead atoms. The zero-order valence-electron chi connectivity index (χ0n) is 11.2. The van der Waals surface area contributed by atoms with Gasteiger partial charge >= 0.3 is 6.09 Å². The first kappa shape index (κ1) is 14.5. The van der Waals surface area contributed by atoms with Crippen LogP contribution >= 0.6 is 0 Å². The molecule has 1 atom stereocenters. The zero-order chi connectivity index (χ0) is 13.9. The number of amides is 3. The third-order valence-electron chi connectivity index (χ3n) is 2.32. The fourth-order valence-corrected chi connectivity index (χ4v) is 1.23. The van der Waals surface area contributed by atoms with E-state index in [9.17, 15) is 14.4 Å². The highest BCUT2D eigenvalue weighted by Crippen LogP contribution is 2.28. The van der Waals surface area contributed by atoms with Gasteiger partial charge in [-0.15, -0.1) is 0 Å². The van der Waals surface area contributed by atoms with Crippen LogP contribution in [0, 0.1) is 5.92 Å². The summed E-state index contributed by atoms with van der Waals surface area (Å²) in [6, 6.07) is -0.803. The van der Waals surface area contributed by atoms with Gasteiger partial charge in [-0.1, -0.05) is 0 Å². The highest BCUT2D eigenvalue weighted by molar-refractivity contribution is 6.00. The lowest BCUT2D eigenvalue weighted by atomic mass is 10.2. The second kappa shape index (κ2) is 5.37. The molecule has 1 fully saturated rings. The number of nitrogens with one attached hydrogen (secondary N) is 2. The Kier molecular flexibility index (Phi) is 4.32. The number of rotatable bonds is 3.